The van der Waals surface area contributed by atoms with Gasteiger partial charge in [0.25, 0.3) is 8.32 Å². The fourth-order valence-corrected chi connectivity index (χ4v) is 10.5. The van der Waals surface area contributed by atoms with E-state index in [9.17, 15) is 4.79 Å². The van der Waals surface area contributed by atoms with Gasteiger partial charge in [-0.3, -0.25) is 4.79 Å². The van der Waals surface area contributed by atoms with Gasteiger partial charge in [-0.05, 0) is 57.7 Å². The van der Waals surface area contributed by atoms with Crippen molar-refractivity contribution in [2.24, 2.45) is 0 Å². The summed E-state index contributed by atoms with van der Waals surface area (Å²) >= 11 is 1.50. The molecule has 0 atom stereocenters. The first-order valence-corrected chi connectivity index (χ1v) is 16.4. The molecule has 0 spiro atoms. The summed E-state index contributed by atoms with van der Waals surface area (Å²) in [7, 11) is -2.55. The van der Waals surface area contributed by atoms with Crippen LogP contribution in [-0.4, -0.2) is 34.3 Å². The first-order valence-electron chi connectivity index (χ1n) is 13.7. The predicted molar refractivity (Wildman–Crippen MR) is 171 cm³/mol. The van der Waals surface area contributed by atoms with Gasteiger partial charge in [0.15, 0.2) is 6.29 Å². The SMILES string of the molecule is CCCN(CCO[Si](c1ccccc1)(c1ccccc1)C(C)(C)C)c1ccc(/C=C/c2ccc(C=O)s2)cc1. The van der Waals surface area contributed by atoms with Crippen LogP contribution in [0.25, 0.3) is 12.2 Å². The number of hydrogen-bond donors (Lipinski definition) is 0. The average Bonchev–Trinajstić information content (AvgIpc) is 3.42. The number of nitrogens with zero attached hydrogens (tertiary/aromatic N) is 1. The van der Waals surface area contributed by atoms with Gasteiger partial charge >= 0.3 is 0 Å². The fourth-order valence-electron chi connectivity index (χ4n) is 5.21. The zero-order valence-corrected chi connectivity index (χ0v) is 25.3. The highest BCUT2D eigenvalue weighted by atomic mass is 32.1. The van der Waals surface area contributed by atoms with Gasteiger partial charge in [-0.15, -0.1) is 11.3 Å². The number of aldehydes is 1. The molecule has 202 valence electrons. The van der Waals surface area contributed by atoms with E-state index in [1.807, 2.05) is 12.1 Å². The standard InChI is InChI=1S/C34H39NO2SSi/c1-5-24-35(29-19-16-28(17-20-29)18-21-30-22-23-31(27-36)38-30)25-26-37-39(34(2,3)4,32-12-8-6-9-13-32)33-14-10-7-11-15-33/h6-23,27H,5,24-26H2,1-4H3/b21-18+. The molecule has 0 amide bonds. The van der Waals surface area contributed by atoms with Crippen molar-refractivity contribution in [2.45, 2.75) is 39.2 Å². The van der Waals surface area contributed by atoms with Gasteiger partial charge < -0.3 is 9.33 Å². The Labute approximate surface area is 238 Å². The van der Waals surface area contributed by atoms with Crippen LogP contribution in [0, 0.1) is 0 Å². The third-order valence-electron chi connectivity index (χ3n) is 7.05. The second-order valence-electron chi connectivity index (χ2n) is 10.8. The van der Waals surface area contributed by atoms with E-state index in [1.165, 1.54) is 27.4 Å². The zero-order chi connectivity index (χ0) is 27.7. The fraction of sp³-hybridized carbons (Fsp3) is 0.265. The van der Waals surface area contributed by atoms with E-state index < -0.39 is 8.32 Å². The summed E-state index contributed by atoms with van der Waals surface area (Å²) in [6.07, 6.45) is 6.13. The molecule has 0 radical (unpaired) electrons. The number of rotatable bonds is 12. The highest BCUT2D eigenvalue weighted by Crippen LogP contribution is 2.36. The van der Waals surface area contributed by atoms with Crippen LogP contribution in [0.4, 0.5) is 5.69 Å². The van der Waals surface area contributed by atoms with Gasteiger partial charge in [-0.25, -0.2) is 0 Å². The lowest BCUT2D eigenvalue weighted by Gasteiger charge is -2.43. The van der Waals surface area contributed by atoms with Crippen LogP contribution in [0.3, 0.4) is 0 Å². The van der Waals surface area contributed by atoms with Crippen LogP contribution in [0.2, 0.25) is 5.04 Å². The summed E-state index contributed by atoms with van der Waals surface area (Å²) < 4.78 is 7.15. The summed E-state index contributed by atoms with van der Waals surface area (Å²) in [4.78, 5) is 15.2. The summed E-state index contributed by atoms with van der Waals surface area (Å²) in [5.74, 6) is 0. The molecule has 4 rings (SSSR count). The number of hydrogen-bond acceptors (Lipinski definition) is 4. The van der Waals surface area contributed by atoms with Gasteiger partial charge in [-0.1, -0.05) is 107 Å². The Balaban J connectivity index is 1.53. The molecule has 0 aliphatic carbocycles. The molecule has 39 heavy (non-hydrogen) atoms. The smallest absolute Gasteiger partial charge is 0.261 e. The topological polar surface area (TPSA) is 29.5 Å². The summed E-state index contributed by atoms with van der Waals surface area (Å²) in [6, 6.07) is 34.2. The summed E-state index contributed by atoms with van der Waals surface area (Å²) in [5, 5.41) is 2.59. The van der Waals surface area contributed by atoms with Crippen molar-refractivity contribution >= 4 is 54.2 Å². The van der Waals surface area contributed by atoms with E-state index >= 15 is 0 Å². The van der Waals surface area contributed by atoms with E-state index in [0.29, 0.717) is 6.61 Å². The number of carbonyl (C=O) groups excluding carboxylic acids is 1. The van der Waals surface area contributed by atoms with Crippen molar-refractivity contribution in [3.05, 3.63) is 112 Å². The molecular weight excluding hydrogens is 515 g/mol. The van der Waals surface area contributed by atoms with E-state index in [0.717, 1.165) is 41.1 Å². The van der Waals surface area contributed by atoms with E-state index in [2.05, 4.69) is 130 Å². The molecule has 0 N–H and O–H groups in total. The van der Waals surface area contributed by atoms with E-state index in [4.69, 9.17) is 4.43 Å². The maximum absolute atomic E-state index is 10.9. The number of anilines is 1. The third kappa shape index (κ3) is 6.85. The molecule has 1 heterocycles. The molecule has 0 aliphatic heterocycles. The Bertz CT molecular complexity index is 1300. The molecule has 0 fully saturated rings. The average molecular weight is 554 g/mol. The summed E-state index contributed by atoms with van der Waals surface area (Å²) in [5.41, 5.74) is 2.35. The Kier molecular flexibility index (Phi) is 9.73. The molecule has 0 saturated heterocycles. The maximum Gasteiger partial charge on any atom is 0.261 e. The van der Waals surface area contributed by atoms with Crippen molar-refractivity contribution < 1.29 is 9.22 Å². The lowest BCUT2D eigenvalue weighted by Crippen LogP contribution is -2.67. The second-order valence-corrected chi connectivity index (χ2v) is 16.2. The molecule has 0 unspecified atom stereocenters. The summed E-state index contributed by atoms with van der Waals surface area (Å²) in [6.45, 7) is 11.7. The minimum absolute atomic E-state index is 0.0334. The first kappa shape index (κ1) is 28.7. The lowest BCUT2D eigenvalue weighted by atomic mass is 10.1. The molecule has 0 bridgehead atoms. The Morgan fingerprint density at radius 2 is 1.36 bits per heavy atom. The Morgan fingerprint density at radius 1 is 0.769 bits per heavy atom. The molecule has 0 saturated carbocycles. The minimum atomic E-state index is -2.55. The molecular formula is C34H39NO2SSi. The van der Waals surface area contributed by atoms with Gasteiger partial charge in [-0.2, -0.15) is 0 Å². The van der Waals surface area contributed by atoms with Crippen molar-refractivity contribution in [2.75, 3.05) is 24.6 Å². The van der Waals surface area contributed by atoms with Gasteiger partial charge in [0.2, 0.25) is 0 Å². The van der Waals surface area contributed by atoms with Crippen molar-refractivity contribution in [3.8, 4) is 0 Å². The third-order valence-corrected chi connectivity index (χ3v) is 13.1. The highest BCUT2D eigenvalue weighted by Gasteiger charge is 2.50. The molecule has 1 aromatic heterocycles. The Morgan fingerprint density at radius 3 is 1.87 bits per heavy atom. The van der Waals surface area contributed by atoms with Crippen LogP contribution in [0.15, 0.2) is 97.1 Å². The monoisotopic (exact) mass is 553 g/mol. The van der Waals surface area contributed by atoms with Crippen molar-refractivity contribution in [1.29, 1.82) is 0 Å². The van der Waals surface area contributed by atoms with Gasteiger partial charge in [0.05, 0.1) is 11.5 Å². The number of carbonyl (C=O) groups is 1. The van der Waals surface area contributed by atoms with Gasteiger partial charge in [0.1, 0.15) is 0 Å². The van der Waals surface area contributed by atoms with Crippen LogP contribution in [0.1, 0.15) is 54.2 Å². The largest absolute Gasteiger partial charge is 0.406 e. The van der Waals surface area contributed by atoms with Crippen molar-refractivity contribution in [1.82, 2.24) is 0 Å². The number of benzene rings is 3. The van der Waals surface area contributed by atoms with Crippen molar-refractivity contribution in [3.63, 3.8) is 0 Å². The minimum Gasteiger partial charge on any atom is -0.406 e. The van der Waals surface area contributed by atoms with Crippen LogP contribution in [-0.2, 0) is 4.43 Å². The number of thiophene rings is 1. The second kappa shape index (κ2) is 13.2. The highest BCUT2D eigenvalue weighted by molar-refractivity contribution is 7.14. The molecule has 3 nitrogen and oxygen atoms in total. The Hall–Kier alpha value is -3.25. The zero-order valence-electron chi connectivity index (χ0n) is 23.5. The molecule has 5 heteroatoms. The molecule has 3 aromatic carbocycles. The first-order chi connectivity index (χ1) is 18.9. The molecule has 4 aromatic rings. The van der Waals surface area contributed by atoms with Crippen LogP contribution in [0.5, 0.6) is 0 Å². The quantitative estimate of drug-likeness (QED) is 0.134. The van der Waals surface area contributed by atoms with E-state index in [-0.39, 0.29) is 5.04 Å². The predicted octanol–water partition coefficient (Wildman–Crippen LogP) is 7.52. The normalized spacial score (nSPS) is 12.1. The van der Waals surface area contributed by atoms with Crippen LogP contribution < -0.4 is 15.3 Å². The van der Waals surface area contributed by atoms with Gasteiger partial charge in [0, 0.05) is 23.7 Å². The van der Waals surface area contributed by atoms with E-state index in [1.54, 1.807) is 0 Å². The maximum atomic E-state index is 10.9. The molecule has 0 aliphatic rings. The van der Waals surface area contributed by atoms with Crippen LogP contribution >= 0.6 is 11.3 Å². The lowest BCUT2D eigenvalue weighted by molar-refractivity contribution is 0.112.